The minimum Gasteiger partial charge on any atom is -0.331 e. The number of hydrogen-bond donors (Lipinski definition) is 1. The van der Waals surface area contributed by atoms with Crippen LogP contribution in [0.1, 0.15) is 32.6 Å². The van der Waals surface area contributed by atoms with Crippen LogP contribution >= 0.6 is 23.8 Å². The minimum atomic E-state index is 0.734. The summed E-state index contributed by atoms with van der Waals surface area (Å²) in [6.07, 6.45) is 5.29. The van der Waals surface area contributed by atoms with Crippen molar-refractivity contribution in [1.82, 2.24) is 9.55 Å². The molecule has 1 saturated carbocycles. The third-order valence-corrected chi connectivity index (χ3v) is 4.95. The second kappa shape index (κ2) is 5.29. The molecule has 19 heavy (non-hydrogen) atoms. The van der Waals surface area contributed by atoms with Gasteiger partial charge in [-0.15, -0.1) is 0 Å². The van der Waals surface area contributed by atoms with E-state index in [1.807, 2.05) is 18.2 Å². The van der Waals surface area contributed by atoms with Gasteiger partial charge >= 0.3 is 0 Å². The van der Waals surface area contributed by atoms with Crippen molar-refractivity contribution in [2.45, 2.75) is 39.2 Å². The Labute approximate surface area is 123 Å². The normalized spacial score (nSPS) is 23.9. The number of aromatic nitrogens is 2. The highest BCUT2D eigenvalue weighted by Crippen LogP contribution is 2.31. The number of nitrogens with zero attached hydrogens (tertiary/aromatic N) is 1. The van der Waals surface area contributed by atoms with Crippen LogP contribution in [0, 0.1) is 16.6 Å². The molecule has 2 nitrogen and oxygen atoms in total. The Morgan fingerprint density at radius 2 is 2.05 bits per heavy atom. The fraction of sp³-hybridized carbons (Fsp3) is 0.533. The van der Waals surface area contributed by atoms with Crippen molar-refractivity contribution in [3.63, 3.8) is 0 Å². The summed E-state index contributed by atoms with van der Waals surface area (Å²) in [6, 6.07) is 5.94. The van der Waals surface area contributed by atoms with Gasteiger partial charge in [0.2, 0.25) is 0 Å². The molecule has 0 atom stereocenters. The first-order valence-electron chi connectivity index (χ1n) is 7.02. The van der Waals surface area contributed by atoms with Crippen molar-refractivity contribution in [3.8, 4) is 0 Å². The molecule has 4 heteroatoms. The quantitative estimate of drug-likeness (QED) is 0.757. The van der Waals surface area contributed by atoms with Crippen LogP contribution in [0.15, 0.2) is 18.2 Å². The summed E-state index contributed by atoms with van der Waals surface area (Å²) >= 11 is 11.8. The van der Waals surface area contributed by atoms with Gasteiger partial charge in [-0.1, -0.05) is 37.4 Å². The maximum atomic E-state index is 6.33. The molecule has 0 bridgehead atoms. The molecule has 0 radical (unpaired) electrons. The maximum Gasteiger partial charge on any atom is 0.178 e. The average Bonchev–Trinajstić information content (AvgIpc) is 2.70. The van der Waals surface area contributed by atoms with Crippen LogP contribution < -0.4 is 0 Å². The number of benzene rings is 1. The predicted octanol–water partition coefficient (Wildman–Crippen LogP) is 5.18. The topological polar surface area (TPSA) is 20.7 Å². The highest BCUT2D eigenvalue weighted by Gasteiger charge is 2.20. The molecular weight excluding hydrogens is 276 g/mol. The van der Waals surface area contributed by atoms with Crippen molar-refractivity contribution in [2.75, 3.05) is 0 Å². The number of para-hydroxylation sites is 1. The monoisotopic (exact) mass is 294 g/mol. The summed E-state index contributed by atoms with van der Waals surface area (Å²) in [5, 5.41) is 0.786. The summed E-state index contributed by atoms with van der Waals surface area (Å²) in [4.78, 5) is 3.26. The van der Waals surface area contributed by atoms with Gasteiger partial charge in [0.15, 0.2) is 4.77 Å². The van der Waals surface area contributed by atoms with E-state index in [9.17, 15) is 0 Å². The van der Waals surface area contributed by atoms with Gasteiger partial charge in [0, 0.05) is 6.54 Å². The molecule has 0 spiro atoms. The number of hydrogen-bond acceptors (Lipinski definition) is 1. The molecule has 102 valence electrons. The molecule has 0 amide bonds. The lowest BCUT2D eigenvalue weighted by molar-refractivity contribution is 0.266. The molecule has 3 rings (SSSR count). The molecule has 2 aromatic rings. The molecule has 1 aliphatic rings. The van der Waals surface area contributed by atoms with Crippen LogP contribution in [-0.2, 0) is 6.54 Å². The number of rotatable bonds is 2. The van der Waals surface area contributed by atoms with Crippen molar-refractivity contribution >= 4 is 34.9 Å². The smallest absolute Gasteiger partial charge is 0.178 e. The van der Waals surface area contributed by atoms with Gasteiger partial charge in [0.1, 0.15) is 0 Å². The molecule has 1 aromatic heterocycles. The Morgan fingerprint density at radius 1 is 1.32 bits per heavy atom. The van der Waals surface area contributed by atoms with Gasteiger partial charge < -0.3 is 9.55 Å². The zero-order chi connectivity index (χ0) is 13.4. The number of H-pyrrole nitrogens is 1. The number of aromatic amines is 1. The summed E-state index contributed by atoms with van der Waals surface area (Å²) in [6.45, 7) is 3.35. The van der Waals surface area contributed by atoms with E-state index in [4.69, 9.17) is 23.8 Å². The van der Waals surface area contributed by atoms with E-state index < -0.39 is 0 Å². The third-order valence-electron chi connectivity index (χ3n) is 4.32. The number of imidazole rings is 1. The molecule has 0 unspecified atom stereocenters. The van der Waals surface area contributed by atoms with Crippen LogP contribution in [0.4, 0.5) is 0 Å². The molecular formula is C15H19ClN2S. The van der Waals surface area contributed by atoms with Gasteiger partial charge in [-0.3, -0.25) is 0 Å². The summed E-state index contributed by atoms with van der Waals surface area (Å²) in [7, 11) is 0. The molecule has 1 heterocycles. The highest BCUT2D eigenvalue weighted by atomic mass is 35.5. The zero-order valence-corrected chi connectivity index (χ0v) is 12.7. The molecule has 1 aliphatic carbocycles. The Morgan fingerprint density at radius 3 is 2.79 bits per heavy atom. The van der Waals surface area contributed by atoms with Crippen LogP contribution in [0.25, 0.3) is 11.0 Å². The molecule has 0 aliphatic heterocycles. The average molecular weight is 295 g/mol. The molecule has 1 fully saturated rings. The first-order valence-corrected chi connectivity index (χ1v) is 7.81. The van der Waals surface area contributed by atoms with Crippen LogP contribution in [0.2, 0.25) is 5.02 Å². The van der Waals surface area contributed by atoms with E-state index in [1.165, 1.54) is 25.7 Å². The molecule has 1 N–H and O–H groups in total. The Bertz CT molecular complexity index is 635. The predicted molar refractivity (Wildman–Crippen MR) is 83.3 cm³/mol. The van der Waals surface area contributed by atoms with E-state index >= 15 is 0 Å². The third kappa shape index (κ3) is 2.59. The van der Waals surface area contributed by atoms with E-state index in [0.29, 0.717) is 0 Å². The Kier molecular flexibility index (Phi) is 3.68. The lowest BCUT2D eigenvalue weighted by Gasteiger charge is -2.26. The highest BCUT2D eigenvalue weighted by molar-refractivity contribution is 7.71. The number of fused-ring (bicyclic) bond motifs is 1. The molecule has 1 aromatic carbocycles. The fourth-order valence-corrected chi connectivity index (χ4v) is 3.67. The standard InChI is InChI=1S/C15H19ClN2S/c1-10-5-7-11(8-6-10)9-18-14-12(16)3-2-4-13(14)17-15(18)19/h2-4,10-11H,5-9H2,1H3,(H,17,19). The zero-order valence-electron chi connectivity index (χ0n) is 11.2. The van der Waals surface area contributed by atoms with Crippen LogP contribution in [0.5, 0.6) is 0 Å². The maximum absolute atomic E-state index is 6.33. The van der Waals surface area contributed by atoms with E-state index in [0.717, 1.165) is 39.2 Å². The van der Waals surface area contributed by atoms with Gasteiger partial charge in [-0.05, 0) is 49.0 Å². The van der Waals surface area contributed by atoms with E-state index in [-0.39, 0.29) is 0 Å². The second-order valence-electron chi connectivity index (χ2n) is 5.80. The lowest BCUT2D eigenvalue weighted by atomic mass is 9.83. The summed E-state index contributed by atoms with van der Waals surface area (Å²) < 4.78 is 2.98. The minimum absolute atomic E-state index is 0.734. The Balaban J connectivity index is 1.92. The van der Waals surface area contributed by atoms with Gasteiger partial charge in [0.05, 0.1) is 16.1 Å². The Hall–Kier alpha value is -0.800. The van der Waals surface area contributed by atoms with Crippen LogP contribution in [0.3, 0.4) is 0 Å². The number of halogens is 1. The van der Waals surface area contributed by atoms with Crippen molar-refractivity contribution in [3.05, 3.63) is 28.0 Å². The number of nitrogens with one attached hydrogen (secondary N) is 1. The second-order valence-corrected chi connectivity index (χ2v) is 6.60. The van der Waals surface area contributed by atoms with Crippen molar-refractivity contribution < 1.29 is 0 Å². The fourth-order valence-electron chi connectivity index (χ4n) is 3.12. The summed E-state index contributed by atoms with van der Waals surface area (Å²) in [5.41, 5.74) is 2.11. The van der Waals surface area contributed by atoms with E-state index in [2.05, 4.69) is 16.5 Å². The van der Waals surface area contributed by atoms with E-state index in [1.54, 1.807) is 0 Å². The first-order chi connectivity index (χ1) is 9.15. The van der Waals surface area contributed by atoms with Crippen molar-refractivity contribution in [1.29, 1.82) is 0 Å². The van der Waals surface area contributed by atoms with Gasteiger partial charge in [-0.2, -0.15) is 0 Å². The van der Waals surface area contributed by atoms with Crippen LogP contribution in [-0.4, -0.2) is 9.55 Å². The van der Waals surface area contributed by atoms with Gasteiger partial charge in [-0.25, -0.2) is 0 Å². The first kappa shape index (κ1) is 13.2. The SMILES string of the molecule is CC1CCC(Cn2c(=S)[nH]c3cccc(Cl)c32)CC1. The lowest BCUT2D eigenvalue weighted by Crippen LogP contribution is -2.17. The molecule has 0 saturated heterocycles. The summed E-state index contributed by atoms with van der Waals surface area (Å²) in [5.74, 6) is 1.62. The van der Waals surface area contributed by atoms with Gasteiger partial charge in [0.25, 0.3) is 0 Å². The largest absolute Gasteiger partial charge is 0.331 e. The van der Waals surface area contributed by atoms with Crippen molar-refractivity contribution in [2.24, 2.45) is 11.8 Å².